The maximum Gasteiger partial charge on any atom is 0.326 e. The van der Waals surface area contributed by atoms with Gasteiger partial charge in [0.25, 0.3) is 0 Å². The van der Waals surface area contributed by atoms with E-state index >= 15 is 0 Å². The molecule has 4 nitrogen and oxygen atoms in total. The summed E-state index contributed by atoms with van der Waals surface area (Å²) in [6.07, 6.45) is 2.66. The van der Waals surface area contributed by atoms with E-state index in [1.165, 1.54) is 0 Å². The van der Waals surface area contributed by atoms with Crippen LogP contribution in [0.3, 0.4) is 0 Å². The number of benzene rings is 1. The van der Waals surface area contributed by atoms with Crippen LogP contribution in [0.2, 0.25) is 5.02 Å². The second kappa shape index (κ2) is 5.22. The number of aromatic nitrogens is 1. The molecule has 1 aromatic carbocycles. The van der Waals surface area contributed by atoms with E-state index in [1.807, 2.05) is 24.0 Å². The maximum atomic E-state index is 11.4. The zero-order chi connectivity index (χ0) is 14.3. The first-order chi connectivity index (χ1) is 9.58. The van der Waals surface area contributed by atoms with E-state index in [0.29, 0.717) is 11.4 Å². The monoisotopic (exact) mass is 310 g/mol. The molecule has 0 aliphatic carbocycles. The number of rotatable bonds is 2. The van der Waals surface area contributed by atoms with Crippen LogP contribution in [0.4, 0.5) is 5.13 Å². The number of aryl methyl sites for hydroxylation is 1. The number of carbonyl (C=O) groups is 1. The van der Waals surface area contributed by atoms with Crippen LogP contribution in [0.15, 0.2) is 12.1 Å². The van der Waals surface area contributed by atoms with Crippen molar-refractivity contribution in [1.82, 2.24) is 4.98 Å². The second-order valence-corrected chi connectivity index (χ2v) is 6.48. The van der Waals surface area contributed by atoms with Crippen molar-refractivity contribution in [2.75, 3.05) is 11.4 Å². The van der Waals surface area contributed by atoms with Gasteiger partial charge in [-0.2, -0.15) is 0 Å². The Kier molecular flexibility index (Phi) is 3.56. The Labute approximate surface area is 126 Å². The lowest BCUT2D eigenvalue weighted by molar-refractivity contribution is -0.139. The van der Waals surface area contributed by atoms with Gasteiger partial charge in [-0.1, -0.05) is 22.9 Å². The fraction of sp³-hybridized carbons (Fsp3) is 0.429. The van der Waals surface area contributed by atoms with E-state index in [4.69, 9.17) is 11.6 Å². The van der Waals surface area contributed by atoms with Crippen LogP contribution in [0.5, 0.6) is 0 Å². The average molecular weight is 311 g/mol. The minimum absolute atomic E-state index is 0.458. The van der Waals surface area contributed by atoms with Gasteiger partial charge in [-0.05, 0) is 43.9 Å². The molecule has 2 aromatic rings. The molecule has 6 heteroatoms. The molecular weight excluding hydrogens is 296 g/mol. The smallest absolute Gasteiger partial charge is 0.326 e. The van der Waals surface area contributed by atoms with Crippen molar-refractivity contribution < 1.29 is 9.90 Å². The van der Waals surface area contributed by atoms with E-state index < -0.39 is 12.0 Å². The van der Waals surface area contributed by atoms with Crippen molar-refractivity contribution in [3.05, 3.63) is 22.7 Å². The number of aliphatic carboxylic acids is 1. The molecule has 2 heterocycles. The largest absolute Gasteiger partial charge is 0.480 e. The zero-order valence-electron chi connectivity index (χ0n) is 11.1. The lowest BCUT2D eigenvalue weighted by Crippen LogP contribution is -2.44. The standard InChI is InChI=1S/C14H15ClN2O2S/c1-8-9(15)5-6-11-12(8)16-14(20-11)17-7-3-2-4-10(17)13(18)19/h5-6,10H,2-4,7H2,1H3,(H,18,19). The van der Waals surface area contributed by atoms with Crippen LogP contribution in [0.25, 0.3) is 10.2 Å². The van der Waals surface area contributed by atoms with Crippen LogP contribution < -0.4 is 4.90 Å². The van der Waals surface area contributed by atoms with Gasteiger partial charge in [-0.15, -0.1) is 0 Å². The van der Waals surface area contributed by atoms with Crippen LogP contribution >= 0.6 is 22.9 Å². The Morgan fingerprint density at radius 3 is 3.05 bits per heavy atom. The number of hydrogen-bond acceptors (Lipinski definition) is 4. The molecular formula is C14H15ClN2O2S. The zero-order valence-corrected chi connectivity index (χ0v) is 12.7. The summed E-state index contributed by atoms with van der Waals surface area (Å²) in [4.78, 5) is 17.9. The summed E-state index contributed by atoms with van der Waals surface area (Å²) in [7, 11) is 0. The SMILES string of the molecule is Cc1c(Cl)ccc2sc(N3CCCCC3C(=O)O)nc12. The second-order valence-electron chi connectivity index (χ2n) is 5.06. The van der Waals surface area contributed by atoms with Crippen molar-refractivity contribution in [3.8, 4) is 0 Å². The number of piperidine rings is 1. The molecule has 0 spiro atoms. The molecule has 1 aromatic heterocycles. The Morgan fingerprint density at radius 1 is 1.50 bits per heavy atom. The highest BCUT2D eigenvalue weighted by Crippen LogP contribution is 2.35. The van der Waals surface area contributed by atoms with Crippen LogP contribution in [0.1, 0.15) is 24.8 Å². The van der Waals surface area contributed by atoms with Crippen molar-refractivity contribution in [2.24, 2.45) is 0 Å². The van der Waals surface area contributed by atoms with E-state index in [-0.39, 0.29) is 0 Å². The first-order valence-corrected chi connectivity index (χ1v) is 7.82. The first-order valence-electron chi connectivity index (χ1n) is 6.63. The molecule has 106 valence electrons. The third kappa shape index (κ3) is 2.25. The topological polar surface area (TPSA) is 53.4 Å². The highest BCUT2D eigenvalue weighted by molar-refractivity contribution is 7.22. The predicted octanol–water partition coefficient (Wildman–Crippen LogP) is 3.70. The molecule has 1 aliphatic heterocycles. The molecule has 0 radical (unpaired) electrons. The van der Waals surface area contributed by atoms with E-state index in [9.17, 15) is 9.90 Å². The van der Waals surface area contributed by atoms with Gasteiger partial charge in [0.05, 0.1) is 10.2 Å². The Hall–Kier alpha value is -1.33. The quantitative estimate of drug-likeness (QED) is 0.919. The molecule has 1 aliphatic rings. The van der Waals surface area contributed by atoms with Gasteiger partial charge < -0.3 is 10.0 Å². The van der Waals surface area contributed by atoms with Gasteiger partial charge in [0.2, 0.25) is 0 Å². The van der Waals surface area contributed by atoms with Gasteiger partial charge in [0.1, 0.15) is 6.04 Å². The number of halogens is 1. The fourth-order valence-corrected chi connectivity index (χ4v) is 3.88. The molecule has 1 saturated heterocycles. The lowest BCUT2D eigenvalue weighted by atomic mass is 10.0. The number of carboxylic acids is 1. The van der Waals surface area contributed by atoms with Crippen molar-refractivity contribution in [2.45, 2.75) is 32.2 Å². The minimum Gasteiger partial charge on any atom is -0.480 e. The van der Waals surface area contributed by atoms with Crippen molar-refractivity contribution in [3.63, 3.8) is 0 Å². The number of carboxylic acid groups (broad SMARTS) is 1. The van der Waals surface area contributed by atoms with E-state index in [2.05, 4.69) is 4.98 Å². The number of fused-ring (bicyclic) bond motifs is 1. The minimum atomic E-state index is -0.765. The summed E-state index contributed by atoms with van der Waals surface area (Å²) in [5.41, 5.74) is 1.84. The number of thiazole rings is 1. The van der Waals surface area contributed by atoms with Crippen LogP contribution in [0, 0.1) is 6.92 Å². The molecule has 0 saturated carbocycles. The summed E-state index contributed by atoms with van der Waals surface area (Å²) in [5, 5.41) is 10.8. The van der Waals surface area contributed by atoms with Crippen LogP contribution in [-0.4, -0.2) is 28.6 Å². The number of anilines is 1. The van der Waals surface area contributed by atoms with E-state index in [1.54, 1.807) is 11.3 Å². The summed E-state index contributed by atoms with van der Waals surface area (Å²) in [6.45, 7) is 2.70. The Morgan fingerprint density at radius 2 is 2.30 bits per heavy atom. The molecule has 1 atom stereocenters. The molecule has 20 heavy (non-hydrogen) atoms. The maximum absolute atomic E-state index is 11.4. The highest BCUT2D eigenvalue weighted by Gasteiger charge is 2.30. The summed E-state index contributed by atoms with van der Waals surface area (Å²) >= 11 is 7.66. The number of hydrogen-bond donors (Lipinski definition) is 1. The average Bonchev–Trinajstić information content (AvgIpc) is 2.88. The normalized spacial score (nSPS) is 19.5. The highest BCUT2D eigenvalue weighted by atomic mass is 35.5. The first kappa shape index (κ1) is 13.6. The fourth-order valence-electron chi connectivity index (χ4n) is 2.63. The van der Waals surface area contributed by atoms with Gasteiger partial charge in [0.15, 0.2) is 5.13 Å². The molecule has 0 bridgehead atoms. The predicted molar refractivity (Wildman–Crippen MR) is 82.0 cm³/mol. The molecule has 0 amide bonds. The third-order valence-corrected chi connectivity index (χ3v) is 5.24. The Balaban J connectivity index is 2.05. The lowest BCUT2D eigenvalue weighted by Gasteiger charge is -2.32. The molecule has 1 N–H and O–H groups in total. The van der Waals surface area contributed by atoms with Gasteiger partial charge >= 0.3 is 5.97 Å². The molecule has 3 rings (SSSR count). The summed E-state index contributed by atoms with van der Waals surface area (Å²) < 4.78 is 1.05. The van der Waals surface area contributed by atoms with Crippen LogP contribution in [-0.2, 0) is 4.79 Å². The van der Waals surface area contributed by atoms with Crippen molar-refractivity contribution >= 4 is 44.3 Å². The van der Waals surface area contributed by atoms with Gasteiger partial charge in [-0.25, -0.2) is 9.78 Å². The number of nitrogens with zero attached hydrogens (tertiary/aromatic N) is 2. The summed E-state index contributed by atoms with van der Waals surface area (Å²) in [6, 6.07) is 3.36. The van der Waals surface area contributed by atoms with Gasteiger partial charge in [0, 0.05) is 11.6 Å². The van der Waals surface area contributed by atoms with E-state index in [0.717, 1.165) is 40.3 Å². The summed E-state index contributed by atoms with van der Waals surface area (Å²) in [5.74, 6) is -0.765. The van der Waals surface area contributed by atoms with Gasteiger partial charge in [-0.3, -0.25) is 0 Å². The Bertz CT molecular complexity index is 670. The molecule has 1 fully saturated rings. The van der Waals surface area contributed by atoms with Crippen molar-refractivity contribution in [1.29, 1.82) is 0 Å². The molecule has 1 unspecified atom stereocenters. The third-order valence-electron chi connectivity index (χ3n) is 3.77.